The Morgan fingerprint density at radius 1 is 1.14 bits per heavy atom. The summed E-state index contributed by atoms with van der Waals surface area (Å²) >= 11 is 0. The predicted octanol–water partition coefficient (Wildman–Crippen LogP) is 1.17. The van der Waals surface area contributed by atoms with Crippen LogP contribution in [-0.4, -0.2) is 72.0 Å². The number of morpholine rings is 1. The van der Waals surface area contributed by atoms with Gasteiger partial charge in [-0.3, -0.25) is 18.9 Å². The molecule has 2 aromatic heterocycles. The number of nitrogens with one attached hydrogen (secondary N) is 2. The van der Waals surface area contributed by atoms with E-state index in [1.807, 2.05) is 12.1 Å². The summed E-state index contributed by atoms with van der Waals surface area (Å²) in [5.41, 5.74) is 0.900. The minimum atomic E-state index is -0.269. The van der Waals surface area contributed by atoms with E-state index in [0.717, 1.165) is 39.3 Å². The lowest BCUT2D eigenvalue weighted by Crippen LogP contribution is -2.41. The lowest BCUT2D eigenvalue weighted by molar-refractivity contribution is 0.0383. The Kier molecular flexibility index (Phi) is 7.00. The van der Waals surface area contributed by atoms with Crippen molar-refractivity contribution in [2.24, 2.45) is 5.92 Å². The average Bonchev–Trinajstić information content (AvgIpc) is 3.08. The third-order valence-corrected chi connectivity index (χ3v) is 4.79. The highest BCUT2D eigenvalue weighted by atomic mass is 16.5. The lowest BCUT2D eigenvalue weighted by Gasteiger charge is -2.26. The van der Waals surface area contributed by atoms with Gasteiger partial charge in [0.1, 0.15) is 0 Å². The maximum Gasteiger partial charge on any atom is 0.287 e. The van der Waals surface area contributed by atoms with Crippen LogP contribution in [-0.2, 0) is 4.74 Å². The maximum absolute atomic E-state index is 12.7. The van der Waals surface area contributed by atoms with Crippen molar-refractivity contribution in [1.82, 2.24) is 24.9 Å². The van der Waals surface area contributed by atoms with E-state index in [4.69, 9.17) is 4.74 Å². The fourth-order valence-electron chi connectivity index (χ4n) is 3.15. The summed E-state index contributed by atoms with van der Waals surface area (Å²) in [6.07, 6.45) is 2.65. The smallest absolute Gasteiger partial charge is 0.287 e. The Hall–Kier alpha value is -2.45. The molecule has 28 heavy (non-hydrogen) atoms. The van der Waals surface area contributed by atoms with Crippen molar-refractivity contribution >= 4 is 17.3 Å². The quantitative estimate of drug-likeness (QED) is 0.710. The van der Waals surface area contributed by atoms with Crippen LogP contribution in [0.1, 0.15) is 41.4 Å². The Labute approximate surface area is 165 Å². The number of hydrogen-bond donors (Lipinski definition) is 2. The molecule has 0 aromatic carbocycles. The molecule has 0 unspecified atom stereocenters. The van der Waals surface area contributed by atoms with E-state index in [2.05, 4.69) is 34.4 Å². The molecule has 0 atom stereocenters. The molecule has 1 saturated heterocycles. The molecule has 2 amide bonds. The zero-order chi connectivity index (χ0) is 19.9. The standard InChI is InChI=1S/C20H29N5O3/c1-15(2)6-7-21-20(27)18-23-17(16-5-3-4-9-25(16)18)19(26)22-8-10-24-11-13-28-14-12-24/h3-5,9,15H,6-8,10-14H2,1-2H3,(H,21,27)(H,22,26). The Morgan fingerprint density at radius 2 is 1.89 bits per heavy atom. The first-order valence-electron chi connectivity index (χ1n) is 9.90. The van der Waals surface area contributed by atoms with Gasteiger partial charge in [-0.25, -0.2) is 4.98 Å². The van der Waals surface area contributed by atoms with E-state index in [9.17, 15) is 9.59 Å². The number of hydrogen-bond acceptors (Lipinski definition) is 5. The Bertz CT molecular complexity index is 811. The third-order valence-electron chi connectivity index (χ3n) is 4.79. The van der Waals surface area contributed by atoms with E-state index >= 15 is 0 Å². The van der Waals surface area contributed by atoms with Gasteiger partial charge in [0.2, 0.25) is 5.82 Å². The number of ether oxygens (including phenoxy) is 1. The predicted molar refractivity (Wildman–Crippen MR) is 107 cm³/mol. The topological polar surface area (TPSA) is 88.0 Å². The van der Waals surface area contributed by atoms with Crippen LogP contribution in [0.2, 0.25) is 0 Å². The Morgan fingerprint density at radius 3 is 2.64 bits per heavy atom. The van der Waals surface area contributed by atoms with Crippen molar-refractivity contribution in [3.8, 4) is 0 Å². The second kappa shape index (κ2) is 9.66. The summed E-state index contributed by atoms with van der Waals surface area (Å²) in [4.78, 5) is 31.8. The van der Waals surface area contributed by atoms with Crippen LogP contribution < -0.4 is 10.6 Å². The molecule has 0 spiro atoms. The van der Waals surface area contributed by atoms with Crippen LogP contribution in [0.25, 0.3) is 5.52 Å². The first-order chi connectivity index (χ1) is 13.6. The fraction of sp³-hybridized carbons (Fsp3) is 0.550. The van der Waals surface area contributed by atoms with E-state index in [-0.39, 0.29) is 23.3 Å². The van der Waals surface area contributed by atoms with Gasteiger partial charge in [-0.1, -0.05) is 19.9 Å². The monoisotopic (exact) mass is 387 g/mol. The molecule has 3 heterocycles. The van der Waals surface area contributed by atoms with Gasteiger partial charge in [0, 0.05) is 38.9 Å². The number of rotatable bonds is 8. The average molecular weight is 387 g/mol. The van der Waals surface area contributed by atoms with Gasteiger partial charge < -0.3 is 15.4 Å². The van der Waals surface area contributed by atoms with Crippen LogP contribution in [0.15, 0.2) is 24.4 Å². The summed E-state index contributed by atoms with van der Waals surface area (Å²) < 4.78 is 7.00. The van der Waals surface area contributed by atoms with E-state index in [0.29, 0.717) is 24.5 Å². The van der Waals surface area contributed by atoms with Gasteiger partial charge >= 0.3 is 0 Å². The zero-order valence-electron chi connectivity index (χ0n) is 16.6. The van der Waals surface area contributed by atoms with Crippen LogP contribution in [0.5, 0.6) is 0 Å². The van der Waals surface area contributed by atoms with Crippen LogP contribution >= 0.6 is 0 Å². The van der Waals surface area contributed by atoms with Gasteiger partial charge in [-0.05, 0) is 24.5 Å². The first kappa shape index (κ1) is 20.3. The van der Waals surface area contributed by atoms with Crippen molar-refractivity contribution < 1.29 is 14.3 Å². The van der Waals surface area contributed by atoms with Gasteiger partial charge in [-0.15, -0.1) is 0 Å². The molecule has 1 fully saturated rings. The number of aromatic nitrogens is 2. The highest BCUT2D eigenvalue weighted by molar-refractivity contribution is 6.02. The molecule has 0 saturated carbocycles. The number of imidazole rings is 1. The van der Waals surface area contributed by atoms with Gasteiger partial charge in [0.15, 0.2) is 5.69 Å². The maximum atomic E-state index is 12.7. The highest BCUT2D eigenvalue weighted by Crippen LogP contribution is 2.13. The molecule has 2 N–H and O–H groups in total. The number of nitrogens with zero attached hydrogens (tertiary/aromatic N) is 3. The summed E-state index contributed by atoms with van der Waals surface area (Å²) in [5.74, 6) is 0.204. The number of carbonyl (C=O) groups excluding carboxylic acids is 2. The minimum Gasteiger partial charge on any atom is -0.379 e. The number of fused-ring (bicyclic) bond motifs is 1. The SMILES string of the molecule is CC(C)CCNC(=O)c1nc(C(=O)NCCN2CCOCC2)c2ccccn12. The van der Waals surface area contributed by atoms with Gasteiger partial charge in [0.25, 0.3) is 11.8 Å². The van der Waals surface area contributed by atoms with Crippen LogP contribution in [0.3, 0.4) is 0 Å². The van der Waals surface area contributed by atoms with Gasteiger partial charge in [-0.2, -0.15) is 0 Å². The van der Waals surface area contributed by atoms with Crippen LogP contribution in [0.4, 0.5) is 0 Å². The summed E-state index contributed by atoms with van der Waals surface area (Å²) in [6, 6.07) is 5.45. The second-order valence-corrected chi connectivity index (χ2v) is 7.39. The lowest BCUT2D eigenvalue weighted by atomic mass is 10.1. The Balaban J connectivity index is 1.66. The van der Waals surface area contributed by atoms with Crippen molar-refractivity contribution in [3.05, 3.63) is 35.9 Å². The molecular weight excluding hydrogens is 358 g/mol. The molecule has 8 nitrogen and oxygen atoms in total. The molecule has 0 bridgehead atoms. The van der Waals surface area contributed by atoms with E-state index in [1.54, 1.807) is 16.7 Å². The van der Waals surface area contributed by atoms with Crippen LogP contribution in [0, 0.1) is 5.92 Å². The third kappa shape index (κ3) is 5.08. The largest absolute Gasteiger partial charge is 0.379 e. The van der Waals surface area contributed by atoms with Gasteiger partial charge in [0.05, 0.1) is 18.7 Å². The second-order valence-electron chi connectivity index (χ2n) is 7.39. The molecule has 3 rings (SSSR count). The molecule has 8 heteroatoms. The molecule has 1 aliphatic rings. The van der Waals surface area contributed by atoms with E-state index in [1.165, 1.54) is 0 Å². The van der Waals surface area contributed by atoms with Crippen molar-refractivity contribution in [2.75, 3.05) is 45.9 Å². The first-order valence-corrected chi connectivity index (χ1v) is 9.90. The van der Waals surface area contributed by atoms with E-state index < -0.39 is 0 Å². The molecular formula is C20H29N5O3. The summed E-state index contributed by atoms with van der Waals surface area (Å²) in [6.45, 7) is 9.31. The normalized spacial score (nSPS) is 15.1. The molecule has 0 aliphatic carbocycles. The molecule has 2 aromatic rings. The number of amides is 2. The molecule has 0 radical (unpaired) electrons. The van der Waals surface area contributed by atoms with Crippen molar-refractivity contribution in [2.45, 2.75) is 20.3 Å². The molecule has 1 aliphatic heterocycles. The fourth-order valence-corrected chi connectivity index (χ4v) is 3.15. The van der Waals surface area contributed by atoms with Crippen molar-refractivity contribution in [1.29, 1.82) is 0 Å². The number of pyridine rings is 1. The number of carbonyl (C=O) groups is 2. The summed E-state index contributed by atoms with van der Waals surface area (Å²) in [5, 5.41) is 5.81. The molecule has 152 valence electrons. The van der Waals surface area contributed by atoms with Crippen molar-refractivity contribution in [3.63, 3.8) is 0 Å². The minimum absolute atomic E-state index is 0.234. The summed E-state index contributed by atoms with van der Waals surface area (Å²) in [7, 11) is 0. The zero-order valence-corrected chi connectivity index (χ0v) is 16.6. The highest BCUT2D eigenvalue weighted by Gasteiger charge is 2.21.